The van der Waals surface area contributed by atoms with Crippen molar-refractivity contribution in [2.45, 2.75) is 20.1 Å². The molecular weight excluding hydrogens is 358 g/mol. The lowest BCUT2D eigenvalue weighted by atomic mass is 10.2. The summed E-state index contributed by atoms with van der Waals surface area (Å²) in [4.78, 5) is 29.2. The van der Waals surface area contributed by atoms with Crippen molar-refractivity contribution < 1.29 is 18.3 Å². The summed E-state index contributed by atoms with van der Waals surface area (Å²) in [6.07, 6.45) is 0. The third-order valence-electron chi connectivity index (χ3n) is 3.81. The average Bonchev–Trinajstić information content (AvgIpc) is 2.66. The molecule has 0 aliphatic carbocycles. The van der Waals surface area contributed by atoms with Crippen LogP contribution < -0.4 is 21.1 Å². The number of nitrogens with zero attached hydrogens (tertiary/aromatic N) is 2. The van der Waals surface area contributed by atoms with Gasteiger partial charge in [0.05, 0.1) is 16.5 Å². The predicted octanol–water partition coefficient (Wildman–Crippen LogP) is 2.77. The Morgan fingerprint density at radius 3 is 2.63 bits per heavy atom. The Hall–Kier alpha value is -3.49. The number of carbonyl (C=O) groups excluding carboxylic acids is 1. The Kier molecular flexibility index (Phi) is 5.30. The number of carbonyl (C=O) groups is 1. The van der Waals surface area contributed by atoms with Crippen LogP contribution in [0.5, 0.6) is 5.75 Å². The molecule has 7 nitrogen and oxygen atoms in total. The highest BCUT2D eigenvalue weighted by Gasteiger charge is 2.16. The number of rotatable bonds is 6. The standard InChI is InChI=1S/C18H16F2N4O3/c1-2-24-16(26)11-7-3-5-9-13(11)21-18(24)23-22-15(25)12-8-4-6-10-14(12)27-17(19)20/h3-10,17H,2H2,1H3,(H,21,23)(H,22,25). The molecule has 1 heterocycles. The number of fused-ring (bicyclic) bond motifs is 1. The van der Waals surface area contributed by atoms with Gasteiger partial charge in [0, 0.05) is 6.54 Å². The number of hydrogen-bond acceptors (Lipinski definition) is 5. The second-order valence-electron chi connectivity index (χ2n) is 5.46. The maximum atomic E-state index is 12.5. The molecule has 0 fully saturated rings. The maximum Gasteiger partial charge on any atom is 0.387 e. The Morgan fingerprint density at radius 2 is 1.89 bits per heavy atom. The van der Waals surface area contributed by atoms with Crippen LogP contribution >= 0.6 is 0 Å². The van der Waals surface area contributed by atoms with E-state index < -0.39 is 12.5 Å². The molecule has 0 saturated heterocycles. The zero-order valence-electron chi connectivity index (χ0n) is 14.3. The van der Waals surface area contributed by atoms with Crippen LogP contribution in [0.15, 0.2) is 53.3 Å². The van der Waals surface area contributed by atoms with Crippen LogP contribution in [-0.2, 0) is 6.54 Å². The Morgan fingerprint density at radius 1 is 1.19 bits per heavy atom. The van der Waals surface area contributed by atoms with Crippen LogP contribution in [0.25, 0.3) is 10.9 Å². The summed E-state index contributed by atoms with van der Waals surface area (Å²) in [5.41, 5.74) is 5.06. The molecule has 27 heavy (non-hydrogen) atoms. The van der Waals surface area contributed by atoms with E-state index in [9.17, 15) is 18.4 Å². The van der Waals surface area contributed by atoms with E-state index in [-0.39, 0.29) is 22.8 Å². The zero-order chi connectivity index (χ0) is 19.4. The SMILES string of the molecule is CCn1c(NNC(=O)c2ccccc2OC(F)F)nc2ccccc2c1=O. The molecule has 0 saturated carbocycles. The summed E-state index contributed by atoms with van der Waals surface area (Å²) in [6, 6.07) is 12.4. The first kappa shape index (κ1) is 18.3. The Balaban J connectivity index is 1.87. The largest absolute Gasteiger partial charge is 0.434 e. The molecule has 0 aliphatic heterocycles. The average molecular weight is 374 g/mol. The van der Waals surface area contributed by atoms with Gasteiger partial charge in [0.1, 0.15) is 5.75 Å². The van der Waals surface area contributed by atoms with Crippen molar-refractivity contribution in [3.8, 4) is 5.75 Å². The summed E-state index contributed by atoms with van der Waals surface area (Å²) in [5.74, 6) is -0.843. The van der Waals surface area contributed by atoms with E-state index in [0.717, 1.165) is 0 Å². The molecule has 0 aliphatic rings. The van der Waals surface area contributed by atoms with Gasteiger partial charge in [0.25, 0.3) is 11.5 Å². The summed E-state index contributed by atoms with van der Waals surface area (Å²) < 4.78 is 30.7. The number of benzene rings is 2. The fraction of sp³-hybridized carbons (Fsp3) is 0.167. The normalized spacial score (nSPS) is 10.8. The van der Waals surface area contributed by atoms with Crippen LogP contribution in [0.2, 0.25) is 0 Å². The summed E-state index contributed by atoms with van der Waals surface area (Å²) in [6.45, 7) is -0.976. The lowest BCUT2D eigenvalue weighted by Gasteiger charge is -2.15. The highest BCUT2D eigenvalue weighted by atomic mass is 19.3. The maximum absolute atomic E-state index is 12.5. The van der Waals surface area contributed by atoms with E-state index in [0.29, 0.717) is 17.4 Å². The van der Waals surface area contributed by atoms with E-state index in [1.54, 1.807) is 31.2 Å². The molecule has 2 N–H and O–H groups in total. The second-order valence-corrected chi connectivity index (χ2v) is 5.46. The van der Waals surface area contributed by atoms with E-state index in [4.69, 9.17) is 0 Å². The summed E-state index contributed by atoms with van der Waals surface area (Å²) in [7, 11) is 0. The third-order valence-corrected chi connectivity index (χ3v) is 3.81. The molecule has 0 bridgehead atoms. The van der Waals surface area contributed by atoms with Crippen molar-refractivity contribution in [3.63, 3.8) is 0 Å². The molecule has 0 radical (unpaired) electrons. The number of amides is 1. The van der Waals surface area contributed by atoms with Gasteiger partial charge >= 0.3 is 6.61 Å². The van der Waals surface area contributed by atoms with Crippen LogP contribution in [0, 0.1) is 0 Å². The van der Waals surface area contributed by atoms with Gasteiger partial charge in [0.15, 0.2) is 0 Å². The van der Waals surface area contributed by atoms with Gasteiger partial charge in [-0.05, 0) is 31.2 Å². The molecule has 9 heteroatoms. The Bertz CT molecular complexity index is 1040. The molecule has 3 rings (SSSR count). The molecule has 0 unspecified atom stereocenters. The molecule has 2 aromatic carbocycles. The van der Waals surface area contributed by atoms with E-state index in [2.05, 4.69) is 20.6 Å². The van der Waals surface area contributed by atoms with Crippen LogP contribution in [0.1, 0.15) is 17.3 Å². The predicted molar refractivity (Wildman–Crippen MR) is 95.8 cm³/mol. The number of nitrogens with one attached hydrogen (secondary N) is 2. The molecule has 0 spiro atoms. The van der Waals surface area contributed by atoms with Gasteiger partial charge < -0.3 is 4.74 Å². The second kappa shape index (κ2) is 7.81. The number of halogens is 2. The van der Waals surface area contributed by atoms with Crippen molar-refractivity contribution in [3.05, 3.63) is 64.4 Å². The minimum Gasteiger partial charge on any atom is -0.434 e. The van der Waals surface area contributed by atoms with E-state index in [1.807, 2.05) is 0 Å². The van der Waals surface area contributed by atoms with Crippen molar-refractivity contribution in [2.75, 3.05) is 5.43 Å². The van der Waals surface area contributed by atoms with Gasteiger partial charge in [-0.15, -0.1) is 0 Å². The van der Waals surface area contributed by atoms with Crippen molar-refractivity contribution in [2.24, 2.45) is 0 Å². The van der Waals surface area contributed by atoms with Gasteiger partial charge in [-0.2, -0.15) is 8.78 Å². The van der Waals surface area contributed by atoms with Crippen LogP contribution in [0.3, 0.4) is 0 Å². The lowest BCUT2D eigenvalue weighted by Crippen LogP contribution is -2.34. The zero-order valence-corrected chi connectivity index (χ0v) is 14.3. The molecule has 3 aromatic rings. The Labute approximate surface area is 152 Å². The van der Waals surface area contributed by atoms with Gasteiger partial charge in [-0.1, -0.05) is 24.3 Å². The number of aromatic nitrogens is 2. The van der Waals surface area contributed by atoms with E-state index in [1.165, 1.54) is 28.8 Å². The smallest absolute Gasteiger partial charge is 0.387 e. The first-order chi connectivity index (χ1) is 13.0. The molecule has 140 valence electrons. The molecular formula is C18H16F2N4O3. The summed E-state index contributed by atoms with van der Waals surface area (Å²) in [5, 5.41) is 0.451. The van der Waals surface area contributed by atoms with E-state index >= 15 is 0 Å². The quantitative estimate of drug-likeness (QED) is 0.648. The molecule has 0 atom stereocenters. The fourth-order valence-corrected chi connectivity index (χ4v) is 2.59. The van der Waals surface area contributed by atoms with Crippen molar-refractivity contribution in [1.29, 1.82) is 0 Å². The number of hydrogen-bond donors (Lipinski definition) is 2. The minimum absolute atomic E-state index is 0.0866. The number of para-hydroxylation sites is 2. The molecule has 1 aromatic heterocycles. The number of alkyl halides is 2. The van der Waals surface area contributed by atoms with Crippen molar-refractivity contribution >= 4 is 22.8 Å². The monoisotopic (exact) mass is 374 g/mol. The molecule has 1 amide bonds. The first-order valence-corrected chi connectivity index (χ1v) is 8.11. The number of hydrazine groups is 1. The third kappa shape index (κ3) is 3.86. The minimum atomic E-state index is -3.06. The van der Waals surface area contributed by atoms with Crippen LogP contribution in [-0.4, -0.2) is 22.1 Å². The van der Waals surface area contributed by atoms with Gasteiger partial charge in [-0.25, -0.2) is 4.98 Å². The van der Waals surface area contributed by atoms with Gasteiger partial charge in [0.2, 0.25) is 5.95 Å². The topological polar surface area (TPSA) is 85.2 Å². The highest BCUT2D eigenvalue weighted by Crippen LogP contribution is 2.20. The van der Waals surface area contributed by atoms with Crippen LogP contribution in [0.4, 0.5) is 14.7 Å². The first-order valence-electron chi connectivity index (χ1n) is 8.11. The van der Waals surface area contributed by atoms with Crippen molar-refractivity contribution in [1.82, 2.24) is 15.0 Å². The fourth-order valence-electron chi connectivity index (χ4n) is 2.59. The lowest BCUT2D eigenvalue weighted by molar-refractivity contribution is -0.0501. The van der Waals surface area contributed by atoms with Gasteiger partial charge in [-0.3, -0.25) is 25.0 Å². The number of anilines is 1. The highest BCUT2D eigenvalue weighted by molar-refractivity contribution is 5.97. The number of ether oxygens (including phenoxy) is 1. The summed E-state index contributed by atoms with van der Waals surface area (Å²) >= 11 is 0.